The molecule has 0 spiro atoms. The second-order valence-corrected chi connectivity index (χ2v) is 8.01. The summed E-state index contributed by atoms with van der Waals surface area (Å²) in [4.78, 5) is 30.5. The van der Waals surface area contributed by atoms with Crippen molar-refractivity contribution >= 4 is 28.4 Å². The molecule has 0 aliphatic heterocycles. The summed E-state index contributed by atoms with van der Waals surface area (Å²) < 4.78 is 6.74. The predicted molar refractivity (Wildman–Crippen MR) is 123 cm³/mol. The molecular weight excluding hydrogens is 428 g/mol. The first-order valence-corrected chi connectivity index (χ1v) is 10.8. The van der Waals surface area contributed by atoms with Gasteiger partial charge in [0.1, 0.15) is 5.75 Å². The Morgan fingerprint density at radius 3 is 2.50 bits per heavy atom. The van der Waals surface area contributed by atoms with E-state index in [1.54, 1.807) is 35.9 Å². The number of ether oxygens (including phenoxy) is 1. The number of aromatic hydroxyl groups is 2. The topological polar surface area (TPSA) is 102 Å². The zero-order chi connectivity index (χ0) is 22.7. The van der Waals surface area contributed by atoms with Crippen LogP contribution in [-0.2, 0) is 6.54 Å². The number of rotatable bonds is 7. The lowest BCUT2D eigenvalue weighted by molar-refractivity contribution is 0.102. The van der Waals surface area contributed by atoms with Gasteiger partial charge in [-0.25, -0.2) is 4.98 Å². The van der Waals surface area contributed by atoms with E-state index >= 15 is 0 Å². The van der Waals surface area contributed by atoms with Crippen molar-refractivity contribution in [2.24, 2.45) is 0 Å². The van der Waals surface area contributed by atoms with E-state index in [1.807, 2.05) is 24.3 Å². The molecule has 0 aliphatic carbocycles. The molecule has 32 heavy (non-hydrogen) atoms. The Balaban J connectivity index is 1.67. The van der Waals surface area contributed by atoms with Gasteiger partial charge in [-0.3, -0.25) is 14.2 Å². The minimum atomic E-state index is -0.360. The molecule has 0 unspecified atom stereocenters. The van der Waals surface area contributed by atoms with Gasteiger partial charge in [0.15, 0.2) is 22.4 Å². The Morgan fingerprint density at radius 2 is 1.78 bits per heavy atom. The maximum absolute atomic E-state index is 13.2. The largest absolute Gasteiger partial charge is 0.504 e. The minimum Gasteiger partial charge on any atom is -0.504 e. The van der Waals surface area contributed by atoms with Crippen LogP contribution in [0.25, 0.3) is 10.9 Å². The quantitative estimate of drug-likeness (QED) is 0.192. The summed E-state index contributed by atoms with van der Waals surface area (Å²) in [7, 11) is 1.59. The highest BCUT2D eigenvalue weighted by Crippen LogP contribution is 2.26. The summed E-state index contributed by atoms with van der Waals surface area (Å²) in [6, 6.07) is 18.4. The predicted octanol–water partition coefficient (Wildman–Crippen LogP) is 3.84. The third kappa shape index (κ3) is 4.45. The van der Waals surface area contributed by atoms with E-state index in [9.17, 15) is 19.8 Å². The minimum absolute atomic E-state index is 0.0115. The number of hydrogen-bond acceptors (Lipinski definition) is 7. The van der Waals surface area contributed by atoms with Gasteiger partial charge in [0, 0.05) is 5.56 Å². The first-order chi connectivity index (χ1) is 15.5. The SMILES string of the molecule is COc1ccc(Cn2c(SCC(=O)c3ccc(O)c(O)c3)nc3ccccc3c2=O)cc1. The lowest BCUT2D eigenvalue weighted by atomic mass is 10.1. The summed E-state index contributed by atoms with van der Waals surface area (Å²) in [5.74, 6) is -0.184. The normalized spacial score (nSPS) is 10.9. The molecule has 0 radical (unpaired) electrons. The van der Waals surface area contributed by atoms with Gasteiger partial charge in [-0.05, 0) is 48.0 Å². The highest BCUT2D eigenvalue weighted by atomic mass is 32.2. The molecular formula is C24H20N2O5S. The fourth-order valence-corrected chi connectivity index (χ4v) is 4.11. The molecule has 162 valence electrons. The van der Waals surface area contributed by atoms with Crippen LogP contribution in [-0.4, -0.2) is 38.4 Å². The number of carbonyl (C=O) groups excluding carboxylic acids is 1. The van der Waals surface area contributed by atoms with Crippen molar-refractivity contribution in [3.63, 3.8) is 0 Å². The number of phenolic OH excluding ortho intramolecular Hbond substituents is 2. The van der Waals surface area contributed by atoms with Crippen LogP contribution in [0.4, 0.5) is 0 Å². The molecule has 0 atom stereocenters. The molecule has 1 heterocycles. The highest BCUT2D eigenvalue weighted by Gasteiger charge is 2.15. The zero-order valence-corrected chi connectivity index (χ0v) is 18.0. The third-order valence-electron chi connectivity index (χ3n) is 4.96. The van der Waals surface area contributed by atoms with Crippen molar-refractivity contribution in [2.45, 2.75) is 11.7 Å². The van der Waals surface area contributed by atoms with Crippen LogP contribution in [0.2, 0.25) is 0 Å². The van der Waals surface area contributed by atoms with Crippen molar-refractivity contribution < 1.29 is 19.7 Å². The number of fused-ring (bicyclic) bond motifs is 1. The van der Waals surface area contributed by atoms with Crippen molar-refractivity contribution in [3.05, 3.63) is 88.2 Å². The fourth-order valence-electron chi connectivity index (χ4n) is 3.22. The second kappa shape index (κ2) is 9.15. The number of thioether (sulfide) groups is 1. The number of hydrogen-bond donors (Lipinski definition) is 2. The first-order valence-electron chi connectivity index (χ1n) is 9.77. The second-order valence-electron chi connectivity index (χ2n) is 7.07. The summed E-state index contributed by atoms with van der Waals surface area (Å²) in [5.41, 5.74) is 1.52. The number of phenols is 2. The van der Waals surface area contributed by atoms with E-state index in [0.29, 0.717) is 16.1 Å². The molecule has 0 bridgehead atoms. The van der Waals surface area contributed by atoms with E-state index in [-0.39, 0.29) is 40.7 Å². The molecule has 0 aliphatic rings. The number of methoxy groups -OCH3 is 1. The average Bonchev–Trinajstić information content (AvgIpc) is 2.81. The van der Waals surface area contributed by atoms with Crippen LogP contribution in [0.15, 0.2) is 76.7 Å². The Kier molecular flexibility index (Phi) is 6.13. The van der Waals surface area contributed by atoms with Gasteiger partial charge in [0.2, 0.25) is 0 Å². The number of nitrogens with zero attached hydrogens (tertiary/aromatic N) is 2. The number of aromatic nitrogens is 2. The summed E-state index contributed by atoms with van der Waals surface area (Å²) in [6.07, 6.45) is 0. The molecule has 0 saturated heterocycles. The van der Waals surface area contributed by atoms with Gasteiger partial charge < -0.3 is 14.9 Å². The smallest absolute Gasteiger partial charge is 0.262 e. The van der Waals surface area contributed by atoms with Crippen molar-refractivity contribution in [3.8, 4) is 17.2 Å². The van der Waals surface area contributed by atoms with E-state index in [1.165, 1.54) is 18.2 Å². The summed E-state index contributed by atoms with van der Waals surface area (Å²) in [6.45, 7) is 0.289. The molecule has 0 fully saturated rings. The fraction of sp³-hybridized carbons (Fsp3) is 0.125. The Bertz CT molecular complexity index is 1350. The van der Waals surface area contributed by atoms with Crippen LogP contribution < -0.4 is 10.3 Å². The highest BCUT2D eigenvalue weighted by molar-refractivity contribution is 7.99. The monoisotopic (exact) mass is 448 g/mol. The number of benzene rings is 3. The van der Waals surface area contributed by atoms with Gasteiger partial charge in [-0.1, -0.05) is 36.0 Å². The molecule has 0 amide bonds. The van der Waals surface area contributed by atoms with Gasteiger partial charge >= 0.3 is 0 Å². The molecule has 4 aromatic rings. The van der Waals surface area contributed by atoms with Crippen LogP contribution >= 0.6 is 11.8 Å². The zero-order valence-electron chi connectivity index (χ0n) is 17.2. The summed E-state index contributed by atoms with van der Waals surface area (Å²) >= 11 is 1.15. The van der Waals surface area contributed by atoms with Gasteiger partial charge in [-0.2, -0.15) is 0 Å². The maximum Gasteiger partial charge on any atom is 0.262 e. The Hall–Kier alpha value is -3.78. The van der Waals surface area contributed by atoms with Gasteiger partial charge in [-0.15, -0.1) is 0 Å². The number of ketones is 1. The molecule has 4 rings (SSSR count). The van der Waals surface area contributed by atoms with Crippen LogP contribution in [0.1, 0.15) is 15.9 Å². The van der Waals surface area contributed by atoms with Crippen LogP contribution in [0.5, 0.6) is 17.2 Å². The van der Waals surface area contributed by atoms with Gasteiger partial charge in [0.25, 0.3) is 5.56 Å². The third-order valence-corrected chi connectivity index (χ3v) is 5.93. The average molecular weight is 449 g/mol. The molecule has 2 N–H and O–H groups in total. The Labute approximate surface area is 187 Å². The molecule has 8 heteroatoms. The Morgan fingerprint density at radius 1 is 1.03 bits per heavy atom. The van der Waals surface area contributed by atoms with Crippen LogP contribution in [0, 0.1) is 0 Å². The van der Waals surface area contributed by atoms with Crippen molar-refractivity contribution in [2.75, 3.05) is 12.9 Å². The lowest BCUT2D eigenvalue weighted by Crippen LogP contribution is -2.24. The van der Waals surface area contributed by atoms with E-state index in [2.05, 4.69) is 4.98 Å². The molecule has 7 nitrogen and oxygen atoms in total. The molecule has 1 aromatic heterocycles. The number of para-hydroxylation sites is 1. The maximum atomic E-state index is 13.2. The van der Waals surface area contributed by atoms with E-state index in [0.717, 1.165) is 23.1 Å². The molecule has 3 aromatic carbocycles. The standard InChI is InChI=1S/C24H20N2O5S/c1-31-17-9-6-15(7-10-17)13-26-23(30)18-4-2-3-5-19(18)25-24(26)32-14-22(29)16-8-11-20(27)21(28)12-16/h2-12,27-28H,13-14H2,1H3. The van der Waals surface area contributed by atoms with Crippen molar-refractivity contribution in [1.29, 1.82) is 0 Å². The van der Waals surface area contributed by atoms with E-state index in [4.69, 9.17) is 4.74 Å². The summed E-state index contributed by atoms with van der Waals surface area (Å²) in [5, 5.41) is 20.0. The van der Waals surface area contributed by atoms with Gasteiger partial charge in [0.05, 0.1) is 30.3 Å². The van der Waals surface area contributed by atoms with Crippen LogP contribution in [0.3, 0.4) is 0 Å². The lowest BCUT2D eigenvalue weighted by Gasteiger charge is -2.13. The number of Topliss-reactive ketones (excluding diaryl/α,β-unsaturated/α-hetero) is 1. The molecule has 0 saturated carbocycles. The van der Waals surface area contributed by atoms with Crippen molar-refractivity contribution in [1.82, 2.24) is 9.55 Å². The first kappa shape index (κ1) is 21.5. The van der Waals surface area contributed by atoms with E-state index < -0.39 is 0 Å². The number of carbonyl (C=O) groups is 1.